The lowest BCUT2D eigenvalue weighted by atomic mass is 9.65. The van der Waals surface area contributed by atoms with Gasteiger partial charge in [-0.15, -0.1) is 0 Å². The number of fused-ring (bicyclic) bond motifs is 2. The summed E-state index contributed by atoms with van der Waals surface area (Å²) in [6, 6.07) is 74.2. The molecule has 0 radical (unpaired) electrons. The molecule has 2 aliphatic carbocycles. The first-order chi connectivity index (χ1) is 27.0. The van der Waals surface area contributed by atoms with Gasteiger partial charge >= 0.3 is 0 Å². The van der Waals surface area contributed by atoms with E-state index in [0.717, 1.165) is 17.1 Å². The van der Waals surface area contributed by atoms with Crippen LogP contribution in [0.4, 0.5) is 17.1 Å². The van der Waals surface area contributed by atoms with Gasteiger partial charge < -0.3 is 4.90 Å². The van der Waals surface area contributed by atoms with Gasteiger partial charge in [0.25, 0.3) is 0 Å². The summed E-state index contributed by atoms with van der Waals surface area (Å²) in [4.78, 5) is 2.42. The molecule has 55 heavy (non-hydrogen) atoms. The van der Waals surface area contributed by atoms with E-state index < -0.39 is 5.41 Å². The average molecular weight is 702 g/mol. The maximum Gasteiger partial charge on any atom is 0.0713 e. The quantitative estimate of drug-likeness (QED) is 0.167. The van der Waals surface area contributed by atoms with E-state index in [1.165, 1.54) is 77.2 Å². The van der Waals surface area contributed by atoms with E-state index in [1.54, 1.807) is 0 Å². The van der Waals surface area contributed by atoms with E-state index in [4.69, 9.17) is 0 Å². The molecule has 0 fully saturated rings. The molecule has 11 rings (SSSR count). The number of hydrogen-bond acceptors (Lipinski definition) is 1. The Kier molecular flexibility index (Phi) is 6.88. The first-order valence-electron chi connectivity index (χ1n) is 19.4. The van der Waals surface area contributed by atoms with Gasteiger partial charge in [-0.1, -0.05) is 190 Å². The Hall–Kier alpha value is -6.70. The molecule has 2 aliphatic rings. The second kappa shape index (κ2) is 11.9. The Balaban J connectivity index is 1.03. The normalized spacial score (nSPS) is 14.3. The van der Waals surface area contributed by atoms with Crippen LogP contribution in [0.1, 0.15) is 47.2 Å². The van der Waals surface area contributed by atoms with Gasteiger partial charge in [0.05, 0.1) is 16.8 Å². The summed E-state index contributed by atoms with van der Waals surface area (Å²) in [7, 11) is 0. The van der Waals surface area contributed by atoms with E-state index >= 15 is 0 Å². The van der Waals surface area contributed by atoms with Gasteiger partial charge in [-0.05, 0) is 90.7 Å². The molecule has 1 heteroatoms. The molecule has 0 amide bonds. The first-order valence-corrected chi connectivity index (χ1v) is 19.4. The lowest BCUT2D eigenvalue weighted by molar-refractivity contribution is 0.652. The zero-order valence-electron chi connectivity index (χ0n) is 31.0. The third-order valence-electron chi connectivity index (χ3n) is 12.5. The van der Waals surface area contributed by atoms with Crippen molar-refractivity contribution in [3.63, 3.8) is 0 Å². The Labute approximate surface area is 322 Å². The molecule has 0 unspecified atom stereocenters. The van der Waals surface area contributed by atoms with Crippen LogP contribution >= 0.6 is 0 Å². The molecule has 9 aromatic rings. The standard InChI is InChI=1S/C54H39N/c1-53(2)45-22-12-24-47-51(45)52-46(53)23-13-25-48(52)54(47,40-18-4-3-5-19-40)41-32-28-36(29-33-41)37-30-34-42(35-31-37)55(49-26-10-16-38-14-6-8-20-43(38)49)50-27-11-17-39-15-7-9-21-44(39)50/h3-35H,1-2H3. The van der Waals surface area contributed by atoms with Crippen molar-refractivity contribution in [1.29, 1.82) is 0 Å². The Morgan fingerprint density at radius 3 is 1.31 bits per heavy atom. The van der Waals surface area contributed by atoms with Gasteiger partial charge in [0.15, 0.2) is 0 Å². The molecule has 0 saturated heterocycles. The Morgan fingerprint density at radius 2 is 0.764 bits per heavy atom. The molecule has 0 aromatic heterocycles. The molecule has 0 aliphatic heterocycles. The summed E-state index contributed by atoms with van der Waals surface area (Å²) in [5.41, 5.74) is 16.6. The average Bonchev–Trinajstić information content (AvgIpc) is 3.68. The highest BCUT2D eigenvalue weighted by molar-refractivity contribution is 6.05. The Morgan fingerprint density at radius 1 is 0.345 bits per heavy atom. The number of benzene rings is 9. The molecular weight excluding hydrogens is 663 g/mol. The van der Waals surface area contributed by atoms with Crippen LogP contribution in [0.25, 0.3) is 43.8 Å². The van der Waals surface area contributed by atoms with Crippen molar-refractivity contribution in [2.24, 2.45) is 0 Å². The highest BCUT2D eigenvalue weighted by Crippen LogP contribution is 2.64. The van der Waals surface area contributed by atoms with Gasteiger partial charge in [0.1, 0.15) is 0 Å². The largest absolute Gasteiger partial charge is 0.309 e. The molecule has 0 saturated carbocycles. The van der Waals surface area contributed by atoms with E-state index in [2.05, 4.69) is 219 Å². The molecule has 0 bridgehead atoms. The van der Waals surface area contributed by atoms with Crippen molar-refractivity contribution < 1.29 is 0 Å². The summed E-state index contributed by atoms with van der Waals surface area (Å²) in [5, 5.41) is 4.90. The highest BCUT2D eigenvalue weighted by Gasteiger charge is 2.52. The minimum absolute atomic E-state index is 0.0215. The van der Waals surface area contributed by atoms with Crippen molar-refractivity contribution in [2.45, 2.75) is 24.7 Å². The zero-order chi connectivity index (χ0) is 36.7. The van der Waals surface area contributed by atoms with Crippen LogP contribution in [0.2, 0.25) is 0 Å². The number of anilines is 3. The summed E-state index contributed by atoms with van der Waals surface area (Å²) in [6.45, 7) is 4.76. The topological polar surface area (TPSA) is 3.24 Å². The first kappa shape index (κ1) is 31.8. The minimum Gasteiger partial charge on any atom is -0.309 e. The van der Waals surface area contributed by atoms with E-state index in [9.17, 15) is 0 Å². The van der Waals surface area contributed by atoms with Crippen molar-refractivity contribution in [3.05, 3.63) is 234 Å². The highest BCUT2D eigenvalue weighted by atomic mass is 15.1. The molecule has 9 aromatic carbocycles. The van der Waals surface area contributed by atoms with Crippen LogP contribution in [0.3, 0.4) is 0 Å². The summed E-state index contributed by atoms with van der Waals surface area (Å²) < 4.78 is 0. The molecule has 0 heterocycles. The second-order valence-electron chi connectivity index (χ2n) is 15.7. The van der Waals surface area contributed by atoms with E-state index in [0.29, 0.717) is 0 Å². The summed E-state index contributed by atoms with van der Waals surface area (Å²) in [6.07, 6.45) is 0. The lowest BCUT2D eigenvalue weighted by Crippen LogP contribution is -2.30. The van der Waals surface area contributed by atoms with Crippen LogP contribution < -0.4 is 4.90 Å². The predicted molar refractivity (Wildman–Crippen MR) is 231 cm³/mol. The maximum absolute atomic E-state index is 2.42. The molecule has 0 N–H and O–H groups in total. The van der Waals surface area contributed by atoms with Crippen LogP contribution in [0, 0.1) is 0 Å². The van der Waals surface area contributed by atoms with Gasteiger partial charge in [-0.25, -0.2) is 0 Å². The molecule has 0 spiro atoms. The number of nitrogens with zero attached hydrogens (tertiary/aromatic N) is 1. The maximum atomic E-state index is 2.42. The van der Waals surface area contributed by atoms with Crippen molar-refractivity contribution in [3.8, 4) is 22.3 Å². The van der Waals surface area contributed by atoms with Gasteiger partial charge in [0.2, 0.25) is 0 Å². The fourth-order valence-corrected chi connectivity index (χ4v) is 10.0. The molecule has 260 valence electrons. The molecular formula is C54H39N. The van der Waals surface area contributed by atoms with Crippen LogP contribution in [-0.2, 0) is 10.8 Å². The van der Waals surface area contributed by atoms with Crippen molar-refractivity contribution in [1.82, 2.24) is 0 Å². The van der Waals surface area contributed by atoms with Gasteiger partial charge in [-0.2, -0.15) is 0 Å². The van der Waals surface area contributed by atoms with Crippen molar-refractivity contribution >= 4 is 38.6 Å². The fraction of sp³-hybridized carbons (Fsp3) is 0.0741. The third kappa shape index (κ3) is 4.47. The third-order valence-corrected chi connectivity index (χ3v) is 12.5. The minimum atomic E-state index is -0.395. The second-order valence-corrected chi connectivity index (χ2v) is 15.7. The molecule has 1 nitrogen and oxygen atoms in total. The van der Waals surface area contributed by atoms with Gasteiger partial charge in [0, 0.05) is 21.9 Å². The van der Waals surface area contributed by atoms with Crippen molar-refractivity contribution in [2.75, 3.05) is 4.90 Å². The van der Waals surface area contributed by atoms with E-state index in [1.807, 2.05) is 0 Å². The lowest BCUT2D eigenvalue weighted by Gasteiger charge is -2.36. The summed E-state index contributed by atoms with van der Waals surface area (Å²) in [5.74, 6) is 0. The van der Waals surface area contributed by atoms with Crippen LogP contribution in [0.15, 0.2) is 200 Å². The number of hydrogen-bond donors (Lipinski definition) is 0. The SMILES string of the molecule is CC1(C)c2cccc3c2-c2c1cccc2C3(c1ccccc1)c1ccc(-c2ccc(N(c3cccc4ccccc34)c3cccc4ccccc34)cc2)cc1. The Bertz CT molecular complexity index is 2790. The smallest absolute Gasteiger partial charge is 0.0713 e. The van der Waals surface area contributed by atoms with Crippen LogP contribution in [0.5, 0.6) is 0 Å². The fourth-order valence-electron chi connectivity index (χ4n) is 10.0. The summed E-state index contributed by atoms with van der Waals surface area (Å²) >= 11 is 0. The van der Waals surface area contributed by atoms with Crippen LogP contribution in [-0.4, -0.2) is 0 Å². The molecule has 0 atom stereocenters. The number of rotatable bonds is 6. The monoisotopic (exact) mass is 701 g/mol. The predicted octanol–water partition coefficient (Wildman–Crippen LogP) is 14.1. The van der Waals surface area contributed by atoms with E-state index in [-0.39, 0.29) is 5.41 Å². The zero-order valence-corrected chi connectivity index (χ0v) is 31.0. The van der Waals surface area contributed by atoms with Gasteiger partial charge in [-0.3, -0.25) is 0 Å².